The first kappa shape index (κ1) is 14.3. The fourth-order valence-corrected chi connectivity index (χ4v) is 1.97. The third kappa shape index (κ3) is 4.25. The molecular weight excluding hydrogens is 220 g/mol. The molecule has 1 aromatic rings. The SMILES string of the molecule is CCCN(CCC)c1ccc(/C=C(/C)C#N)cc1. The van der Waals surface area contributed by atoms with E-state index in [1.165, 1.54) is 5.69 Å². The number of anilines is 1. The van der Waals surface area contributed by atoms with E-state index < -0.39 is 0 Å². The molecule has 18 heavy (non-hydrogen) atoms. The minimum Gasteiger partial charge on any atom is -0.372 e. The van der Waals surface area contributed by atoms with Gasteiger partial charge in [0.25, 0.3) is 0 Å². The van der Waals surface area contributed by atoms with Gasteiger partial charge in [0.05, 0.1) is 6.07 Å². The zero-order valence-corrected chi connectivity index (χ0v) is 11.6. The van der Waals surface area contributed by atoms with Gasteiger partial charge in [-0.2, -0.15) is 5.26 Å². The second-order valence-corrected chi connectivity index (χ2v) is 4.52. The van der Waals surface area contributed by atoms with Crippen molar-refractivity contribution < 1.29 is 0 Å². The predicted molar refractivity (Wildman–Crippen MR) is 78.5 cm³/mol. The van der Waals surface area contributed by atoms with Crippen LogP contribution in [0, 0.1) is 11.3 Å². The van der Waals surface area contributed by atoms with Gasteiger partial charge in [0.2, 0.25) is 0 Å². The molecule has 1 aromatic carbocycles. The molecule has 0 unspecified atom stereocenters. The maximum absolute atomic E-state index is 8.75. The topological polar surface area (TPSA) is 27.0 Å². The van der Waals surface area contributed by atoms with Crippen LogP contribution in [0.5, 0.6) is 0 Å². The van der Waals surface area contributed by atoms with Crippen LogP contribution in [-0.4, -0.2) is 13.1 Å². The van der Waals surface area contributed by atoms with Gasteiger partial charge in [-0.15, -0.1) is 0 Å². The monoisotopic (exact) mass is 242 g/mol. The van der Waals surface area contributed by atoms with Crippen molar-refractivity contribution in [2.24, 2.45) is 0 Å². The van der Waals surface area contributed by atoms with Crippen molar-refractivity contribution in [1.82, 2.24) is 0 Å². The molecule has 0 aliphatic rings. The van der Waals surface area contributed by atoms with Gasteiger partial charge in [0.15, 0.2) is 0 Å². The minimum atomic E-state index is 0.738. The molecule has 0 bridgehead atoms. The smallest absolute Gasteiger partial charge is 0.0944 e. The van der Waals surface area contributed by atoms with E-state index in [4.69, 9.17) is 5.26 Å². The molecule has 0 aliphatic carbocycles. The highest BCUT2D eigenvalue weighted by atomic mass is 15.1. The lowest BCUT2D eigenvalue weighted by molar-refractivity contribution is 0.745. The number of benzene rings is 1. The van der Waals surface area contributed by atoms with Crippen LogP contribution in [0.3, 0.4) is 0 Å². The molecule has 0 aromatic heterocycles. The number of hydrogen-bond acceptors (Lipinski definition) is 2. The van der Waals surface area contributed by atoms with Gasteiger partial charge < -0.3 is 4.90 Å². The highest BCUT2D eigenvalue weighted by Gasteiger charge is 2.03. The Balaban J connectivity index is 2.83. The van der Waals surface area contributed by atoms with E-state index in [0.717, 1.165) is 37.1 Å². The van der Waals surface area contributed by atoms with Gasteiger partial charge in [-0.3, -0.25) is 0 Å². The Morgan fingerprint density at radius 2 is 1.72 bits per heavy atom. The number of nitrogens with zero attached hydrogens (tertiary/aromatic N) is 2. The summed E-state index contributed by atoms with van der Waals surface area (Å²) in [4.78, 5) is 2.41. The molecular formula is C16H22N2. The fourth-order valence-electron chi connectivity index (χ4n) is 1.97. The lowest BCUT2D eigenvalue weighted by atomic mass is 10.1. The van der Waals surface area contributed by atoms with Gasteiger partial charge in [0.1, 0.15) is 0 Å². The molecule has 2 nitrogen and oxygen atoms in total. The van der Waals surface area contributed by atoms with Crippen LogP contribution < -0.4 is 4.90 Å². The Morgan fingerprint density at radius 3 is 2.17 bits per heavy atom. The van der Waals surface area contributed by atoms with Gasteiger partial charge in [0, 0.05) is 24.4 Å². The zero-order chi connectivity index (χ0) is 13.4. The Labute approximate surface area is 111 Å². The summed E-state index contributed by atoms with van der Waals surface area (Å²) in [7, 11) is 0. The quantitative estimate of drug-likeness (QED) is 0.698. The summed E-state index contributed by atoms with van der Waals surface area (Å²) in [5.41, 5.74) is 3.10. The van der Waals surface area contributed by atoms with E-state index in [2.05, 4.69) is 49.1 Å². The molecule has 0 aliphatic heterocycles. The first-order chi connectivity index (χ1) is 8.71. The lowest BCUT2D eigenvalue weighted by Gasteiger charge is -2.23. The summed E-state index contributed by atoms with van der Waals surface area (Å²) >= 11 is 0. The van der Waals surface area contributed by atoms with E-state index in [-0.39, 0.29) is 0 Å². The van der Waals surface area contributed by atoms with Gasteiger partial charge in [-0.25, -0.2) is 0 Å². The molecule has 0 radical (unpaired) electrons. The third-order valence-electron chi connectivity index (χ3n) is 2.80. The molecule has 0 saturated heterocycles. The van der Waals surface area contributed by atoms with E-state index >= 15 is 0 Å². The third-order valence-corrected chi connectivity index (χ3v) is 2.80. The maximum atomic E-state index is 8.75. The first-order valence-corrected chi connectivity index (χ1v) is 6.64. The van der Waals surface area contributed by atoms with E-state index in [1.54, 1.807) is 0 Å². The predicted octanol–water partition coefficient (Wildman–Crippen LogP) is 4.24. The average molecular weight is 242 g/mol. The number of allylic oxidation sites excluding steroid dienone is 1. The van der Waals surface area contributed by atoms with Crippen molar-refractivity contribution in [3.8, 4) is 6.07 Å². The summed E-state index contributed by atoms with van der Waals surface area (Å²) in [5, 5.41) is 8.75. The second-order valence-electron chi connectivity index (χ2n) is 4.52. The van der Waals surface area contributed by atoms with Crippen LogP contribution in [0.15, 0.2) is 29.8 Å². The standard InChI is InChI=1S/C16H22N2/c1-4-10-18(11-5-2)16-8-6-15(7-9-16)12-14(3)13-17/h6-9,12H,4-5,10-11H2,1-3H3/b14-12-. The summed E-state index contributed by atoms with van der Waals surface area (Å²) < 4.78 is 0. The molecule has 96 valence electrons. The largest absolute Gasteiger partial charge is 0.372 e. The second kappa shape index (κ2) is 7.55. The zero-order valence-electron chi connectivity index (χ0n) is 11.6. The van der Waals surface area contributed by atoms with Crippen molar-refractivity contribution in [2.75, 3.05) is 18.0 Å². The van der Waals surface area contributed by atoms with Crippen molar-refractivity contribution >= 4 is 11.8 Å². The summed E-state index contributed by atoms with van der Waals surface area (Å²) in [5.74, 6) is 0. The highest BCUT2D eigenvalue weighted by molar-refractivity contribution is 5.59. The van der Waals surface area contributed by atoms with Crippen molar-refractivity contribution in [3.05, 3.63) is 35.4 Å². The Bertz CT molecular complexity index is 417. The van der Waals surface area contributed by atoms with Crippen LogP contribution >= 0.6 is 0 Å². The minimum absolute atomic E-state index is 0.738. The van der Waals surface area contributed by atoms with Crippen molar-refractivity contribution in [2.45, 2.75) is 33.6 Å². The normalized spacial score (nSPS) is 11.1. The number of hydrogen-bond donors (Lipinski definition) is 0. The fraction of sp³-hybridized carbons (Fsp3) is 0.438. The maximum Gasteiger partial charge on any atom is 0.0944 e. The van der Waals surface area contributed by atoms with Gasteiger partial charge in [-0.05, 0) is 43.5 Å². The summed E-state index contributed by atoms with van der Waals surface area (Å²) in [6.07, 6.45) is 4.23. The van der Waals surface area contributed by atoms with Crippen molar-refractivity contribution in [1.29, 1.82) is 5.26 Å². The molecule has 0 heterocycles. The Hall–Kier alpha value is -1.75. The van der Waals surface area contributed by atoms with Gasteiger partial charge >= 0.3 is 0 Å². The molecule has 2 heteroatoms. The lowest BCUT2D eigenvalue weighted by Crippen LogP contribution is -2.24. The highest BCUT2D eigenvalue weighted by Crippen LogP contribution is 2.17. The van der Waals surface area contributed by atoms with Crippen LogP contribution in [0.1, 0.15) is 39.2 Å². The summed E-state index contributed by atoms with van der Waals surface area (Å²) in [6.45, 7) is 8.43. The number of nitriles is 1. The van der Waals surface area contributed by atoms with Crippen LogP contribution in [0.4, 0.5) is 5.69 Å². The average Bonchev–Trinajstić information content (AvgIpc) is 2.39. The van der Waals surface area contributed by atoms with Crippen LogP contribution in [0.25, 0.3) is 6.08 Å². The van der Waals surface area contributed by atoms with Crippen LogP contribution in [-0.2, 0) is 0 Å². The number of rotatable bonds is 6. The van der Waals surface area contributed by atoms with Gasteiger partial charge in [-0.1, -0.05) is 26.0 Å². The molecule has 0 amide bonds. The summed E-state index contributed by atoms with van der Waals surface area (Å²) in [6, 6.07) is 10.6. The Kier molecular flexibility index (Phi) is 6.00. The molecule has 0 N–H and O–H groups in total. The van der Waals surface area contributed by atoms with E-state index in [0.29, 0.717) is 0 Å². The molecule has 0 fully saturated rings. The van der Waals surface area contributed by atoms with Crippen LogP contribution in [0.2, 0.25) is 0 Å². The molecule has 0 saturated carbocycles. The van der Waals surface area contributed by atoms with Crippen molar-refractivity contribution in [3.63, 3.8) is 0 Å². The molecule has 0 spiro atoms. The Morgan fingerprint density at radius 1 is 1.17 bits per heavy atom. The molecule has 1 rings (SSSR count). The molecule has 0 atom stereocenters. The first-order valence-electron chi connectivity index (χ1n) is 6.64. The van der Waals surface area contributed by atoms with E-state index in [1.807, 2.05) is 13.0 Å². The van der Waals surface area contributed by atoms with E-state index in [9.17, 15) is 0 Å².